The Morgan fingerprint density at radius 1 is 1.04 bits per heavy atom. The van der Waals surface area contributed by atoms with Crippen LogP contribution >= 0.6 is 12.2 Å². The number of ether oxygens (including phenoxy) is 1. The highest BCUT2D eigenvalue weighted by Crippen LogP contribution is 2.16. The lowest BCUT2D eigenvalue weighted by atomic mass is 10.1. The Bertz CT molecular complexity index is 668. The highest BCUT2D eigenvalue weighted by Gasteiger charge is 2.06. The predicted octanol–water partition coefficient (Wildman–Crippen LogP) is 4.37. The standard InChI is InChI=1S/C19H24N2OS/c1-13-5-8-17(9-6-13)21-19(23)20-16(4)12-22-18-10-7-14(2)15(3)11-18/h5-11,16H,12H2,1-4H3,(H2,20,21,23). The van der Waals surface area contributed by atoms with E-state index < -0.39 is 0 Å². The van der Waals surface area contributed by atoms with Crippen LogP contribution < -0.4 is 15.4 Å². The van der Waals surface area contributed by atoms with Crippen LogP contribution in [0.15, 0.2) is 42.5 Å². The Labute approximate surface area is 144 Å². The normalized spacial score (nSPS) is 11.7. The molecule has 0 heterocycles. The first kappa shape index (κ1) is 17.3. The van der Waals surface area contributed by atoms with Crippen LogP contribution in [0.5, 0.6) is 5.75 Å². The van der Waals surface area contributed by atoms with Gasteiger partial charge in [0.05, 0.1) is 6.04 Å². The van der Waals surface area contributed by atoms with Gasteiger partial charge in [0, 0.05) is 5.69 Å². The molecule has 23 heavy (non-hydrogen) atoms. The summed E-state index contributed by atoms with van der Waals surface area (Å²) in [7, 11) is 0. The second-order valence-electron chi connectivity index (χ2n) is 5.92. The molecule has 2 aromatic rings. The fourth-order valence-electron chi connectivity index (χ4n) is 2.09. The minimum absolute atomic E-state index is 0.113. The number of rotatable bonds is 5. The molecule has 0 fully saturated rings. The molecule has 1 atom stereocenters. The van der Waals surface area contributed by atoms with Gasteiger partial charge < -0.3 is 15.4 Å². The molecule has 2 aromatic carbocycles. The molecule has 0 saturated carbocycles. The van der Waals surface area contributed by atoms with Gasteiger partial charge in [-0.1, -0.05) is 23.8 Å². The van der Waals surface area contributed by atoms with Gasteiger partial charge in [0.25, 0.3) is 0 Å². The SMILES string of the molecule is Cc1ccc(NC(=S)NC(C)COc2ccc(C)c(C)c2)cc1. The Morgan fingerprint density at radius 3 is 2.39 bits per heavy atom. The van der Waals surface area contributed by atoms with Gasteiger partial charge in [-0.25, -0.2) is 0 Å². The zero-order valence-corrected chi connectivity index (χ0v) is 15.0. The molecule has 0 aliphatic carbocycles. The van der Waals surface area contributed by atoms with E-state index in [1.807, 2.05) is 25.1 Å². The van der Waals surface area contributed by atoms with E-state index in [0.29, 0.717) is 11.7 Å². The molecule has 0 aliphatic rings. The van der Waals surface area contributed by atoms with Gasteiger partial charge in [-0.2, -0.15) is 0 Å². The molecule has 2 rings (SSSR count). The molecule has 122 valence electrons. The lowest BCUT2D eigenvalue weighted by Gasteiger charge is -2.18. The van der Waals surface area contributed by atoms with Crippen LogP contribution in [0.1, 0.15) is 23.6 Å². The van der Waals surface area contributed by atoms with Crippen LogP contribution in [0, 0.1) is 20.8 Å². The minimum Gasteiger partial charge on any atom is -0.491 e. The molecular weight excluding hydrogens is 304 g/mol. The van der Waals surface area contributed by atoms with Crippen LogP contribution in [0.3, 0.4) is 0 Å². The van der Waals surface area contributed by atoms with Gasteiger partial charge >= 0.3 is 0 Å². The van der Waals surface area contributed by atoms with E-state index in [-0.39, 0.29) is 6.04 Å². The predicted molar refractivity (Wildman–Crippen MR) is 101 cm³/mol. The summed E-state index contributed by atoms with van der Waals surface area (Å²) in [6.45, 7) is 8.85. The number of hydrogen-bond donors (Lipinski definition) is 2. The first-order chi connectivity index (χ1) is 10.9. The summed E-state index contributed by atoms with van der Waals surface area (Å²) < 4.78 is 5.82. The van der Waals surface area contributed by atoms with E-state index in [2.05, 4.69) is 55.7 Å². The second-order valence-corrected chi connectivity index (χ2v) is 6.33. The Balaban J connectivity index is 1.79. The Hall–Kier alpha value is -2.07. The first-order valence-electron chi connectivity index (χ1n) is 7.78. The number of thiocarbonyl (C=S) groups is 1. The molecule has 4 heteroatoms. The summed E-state index contributed by atoms with van der Waals surface area (Å²) in [5.41, 5.74) is 4.71. The van der Waals surface area contributed by atoms with Crippen molar-refractivity contribution in [3.63, 3.8) is 0 Å². The molecule has 0 spiro atoms. The van der Waals surface area contributed by atoms with Crippen molar-refractivity contribution >= 4 is 23.0 Å². The van der Waals surface area contributed by atoms with Crippen molar-refractivity contribution in [3.05, 3.63) is 59.2 Å². The monoisotopic (exact) mass is 328 g/mol. The Kier molecular flexibility index (Phi) is 5.99. The second kappa shape index (κ2) is 7.97. The fourth-order valence-corrected chi connectivity index (χ4v) is 2.41. The third-order valence-corrected chi connectivity index (χ3v) is 3.89. The highest BCUT2D eigenvalue weighted by molar-refractivity contribution is 7.80. The summed E-state index contributed by atoms with van der Waals surface area (Å²) in [4.78, 5) is 0. The third-order valence-electron chi connectivity index (χ3n) is 3.67. The average Bonchev–Trinajstić information content (AvgIpc) is 2.51. The van der Waals surface area contributed by atoms with Gasteiger partial charge in [-0.05, 0) is 75.3 Å². The maximum atomic E-state index is 5.82. The number of anilines is 1. The quantitative estimate of drug-likeness (QED) is 0.799. The van der Waals surface area contributed by atoms with Crippen molar-refractivity contribution in [2.75, 3.05) is 11.9 Å². The van der Waals surface area contributed by atoms with Crippen molar-refractivity contribution in [1.82, 2.24) is 5.32 Å². The van der Waals surface area contributed by atoms with E-state index in [9.17, 15) is 0 Å². The summed E-state index contributed by atoms with van der Waals surface area (Å²) in [5, 5.41) is 7.02. The van der Waals surface area contributed by atoms with Crippen LogP contribution in [-0.4, -0.2) is 17.8 Å². The van der Waals surface area contributed by atoms with E-state index in [4.69, 9.17) is 17.0 Å². The third kappa shape index (κ3) is 5.57. The molecule has 1 unspecified atom stereocenters. The summed E-state index contributed by atoms with van der Waals surface area (Å²) in [5.74, 6) is 0.888. The summed E-state index contributed by atoms with van der Waals surface area (Å²) in [6, 6.07) is 14.4. The molecule has 0 bridgehead atoms. The van der Waals surface area contributed by atoms with Crippen LogP contribution in [-0.2, 0) is 0 Å². The zero-order valence-electron chi connectivity index (χ0n) is 14.1. The topological polar surface area (TPSA) is 33.3 Å². The number of hydrogen-bond acceptors (Lipinski definition) is 2. The summed E-state index contributed by atoms with van der Waals surface area (Å²) >= 11 is 5.34. The summed E-state index contributed by atoms with van der Waals surface area (Å²) in [6.07, 6.45) is 0. The van der Waals surface area contributed by atoms with Crippen molar-refractivity contribution in [2.24, 2.45) is 0 Å². The Morgan fingerprint density at radius 2 is 1.74 bits per heavy atom. The van der Waals surface area contributed by atoms with E-state index in [1.54, 1.807) is 0 Å². The molecule has 0 amide bonds. The minimum atomic E-state index is 0.113. The van der Waals surface area contributed by atoms with Crippen molar-refractivity contribution in [3.8, 4) is 5.75 Å². The largest absolute Gasteiger partial charge is 0.491 e. The van der Waals surface area contributed by atoms with Gasteiger partial charge in [0.2, 0.25) is 0 Å². The first-order valence-corrected chi connectivity index (χ1v) is 8.19. The zero-order chi connectivity index (χ0) is 16.8. The lowest BCUT2D eigenvalue weighted by Crippen LogP contribution is -2.39. The molecule has 0 aromatic heterocycles. The van der Waals surface area contributed by atoms with E-state index >= 15 is 0 Å². The van der Waals surface area contributed by atoms with Gasteiger partial charge in [-0.3, -0.25) is 0 Å². The van der Waals surface area contributed by atoms with Crippen molar-refractivity contribution in [2.45, 2.75) is 33.7 Å². The molecule has 2 N–H and O–H groups in total. The van der Waals surface area contributed by atoms with Gasteiger partial charge in [0.15, 0.2) is 5.11 Å². The molecular formula is C19H24N2OS. The van der Waals surface area contributed by atoms with Gasteiger partial charge in [0.1, 0.15) is 12.4 Å². The van der Waals surface area contributed by atoms with Crippen LogP contribution in [0.25, 0.3) is 0 Å². The number of benzene rings is 2. The van der Waals surface area contributed by atoms with E-state index in [0.717, 1.165) is 11.4 Å². The highest BCUT2D eigenvalue weighted by atomic mass is 32.1. The maximum Gasteiger partial charge on any atom is 0.171 e. The lowest BCUT2D eigenvalue weighted by molar-refractivity contribution is 0.287. The van der Waals surface area contributed by atoms with Crippen molar-refractivity contribution < 1.29 is 4.74 Å². The smallest absolute Gasteiger partial charge is 0.171 e. The molecule has 3 nitrogen and oxygen atoms in total. The van der Waals surface area contributed by atoms with E-state index in [1.165, 1.54) is 16.7 Å². The van der Waals surface area contributed by atoms with Crippen molar-refractivity contribution in [1.29, 1.82) is 0 Å². The molecule has 0 saturated heterocycles. The van der Waals surface area contributed by atoms with Crippen LogP contribution in [0.2, 0.25) is 0 Å². The number of nitrogens with one attached hydrogen (secondary N) is 2. The molecule has 0 aliphatic heterocycles. The molecule has 0 radical (unpaired) electrons. The average molecular weight is 328 g/mol. The number of aryl methyl sites for hydroxylation is 3. The van der Waals surface area contributed by atoms with Crippen LogP contribution in [0.4, 0.5) is 5.69 Å². The fraction of sp³-hybridized carbons (Fsp3) is 0.316. The maximum absolute atomic E-state index is 5.82. The van der Waals surface area contributed by atoms with Gasteiger partial charge in [-0.15, -0.1) is 0 Å².